The molecule has 2 N–H and O–H groups in total. The number of aromatic nitrogens is 1. The van der Waals surface area contributed by atoms with Crippen LogP contribution in [-0.2, 0) is 9.47 Å². The molecule has 0 aliphatic carbocycles. The molecule has 4 rings (SSSR count). The van der Waals surface area contributed by atoms with Crippen LogP contribution >= 0.6 is 0 Å². The molecule has 27 heavy (non-hydrogen) atoms. The Morgan fingerprint density at radius 2 is 1.81 bits per heavy atom. The molecule has 0 amide bonds. The highest BCUT2D eigenvalue weighted by molar-refractivity contribution is 5.71. The van der Waals surface area contributed by atoms with Gasteiger partial charge in [-0.15, -0.1) is 0 Å². The fourth-order valence-corrected chi connectivity index (χ4v) is 3.57. The Morgan fingerprint density at radius 3 is 2.52 bits per heavy atom. The van der Waals surface area contributed by atoms with E-state index in [0.717, 1.165) is 61.8 Å². The van der Waals surface area contributed by atoms with E-state index in [2.05, 4.69) is 23.6 Å². The van der Waals surface area contributed by atoms with Crippen LogP contribution in [0.4, 0.5) is 15.9 Å². The van der Waals surface area contributed by atoms with Gasteiger partial charge in [0.05, 0.1) is 23.5 Å². The van der Waals surface area contributed by atoms with Gasteiger partial charge in [0.15, 0.2) is 5.82 Å². The number of anilines is 2. The molecule has 0 bridgehead atoms. The van der Waals surface area contributed by atoms with E-state index < -0.39 is 0 Å². The summed E-state index contributed by atoms with van der Waals surface area (Å²) in [6, 6.07) is 10.9. The number of rotatable bonds is 5. The molecule has 1 aromatic carbocycles. The van der Waals surface area contributed by atoms with Crippen molar-refractivity contribution in [2.24, 2.45) is 0 Å². The zero-order valence-corrected chi connectivity index (χ0v) is 15.6. The number of ether oxygens (including phenoxy) is 2. The molecule has 1 unspecified atom stereocenters. The molecule has 144 valence electrons. The fraction of sp³-hybridized carbons (Fsp3) is 0.476. The van der Waals surface area contributed by atoms with Gasteiger partial charge in [0.25, 0.3) is 0 Å². The summed E-state index contributed by atoms with van der Waals surface area (Å²) in [6.07, 6.45) is 2.91. The SMILES string of the molecule is CC1(Nc2nc(-c3ccc(F)cc3)ccc2NC2CCOCC2)CCOC1. The third kappa shape index (κ3) is 4.39. The van der Waals surface area contributed by atoms with Crippen LogP contribution in [0, 0.1) is 5.82 Å². The Bertz CT molecular complexity index is 769. The number of hydrogen-bond donors (Lipinski definition) is 2. The molecule has 6 heteroatoms. The van der Waals surface area contributed by atoms with Crippen molar-refractivity contribution >= 4 is 11.5 Å². The highest BCUT2D eigenvalue weighted by Gasteiger charge is 2.31. The molecule has 2 aliphatic heterocycles. The van der Waals surface area contributed by atoms with Crippen molar-refractivity contribution in [2.45, 2.75) is 37.8 Å². The predicted molar refractivity (Wildman–Crippen MR) is 105 cm³/mol. The van der Waals surface area contributed by atoms with Crippen LogP contribution in [0.5, 0.6) is 0 Å². The molecule has 1 atom stereocenters. The van der Waals surface area contributed by atoms with E-state index in [4.69, 9.17) is 14.5 Å². The summed E-state index contributed by atoms with van der Waals surface area (Å²) in [6.45, 7) is 5.14. The number of nitrogens with zero attached hydrogens (tertiary/aromatic N) is 1. The van der Waals surface area contributed by atoms with Gasteiger partial charge >= 0.3 is 0 Å². The van der Waals surface area contributed by atoms with Crippen molar-refractivity contribution in [3.63, 3.8) is 0 Å². The maximum absolute atomic E-state index is 13.3. The predicted octanol–water partition coefficient (Wildman–Crippen LogP) is 4.07. The fourth-order valence-electron chi connectivity index (χ4n) is 3.57. The van der Waals surface area contributed by atoms with Crippen molar-refractivity contribution in [1.29, 1.82) is 0 Å². The maximum atomic E-state index is 13.3. The zero-order chi connectivity index (χ0) is 18.7. The van der Waals surface area contributed by atoms with E-state index in [1.807, 2.05) is 6.07 Å². The van der Waals surface area contributed by atoms with Crippen molar-refractivity contribution in [2.75, 3.05) is 37.1 Å². The van der Waals surface area contributed by atoms with E-state index in [1.54, 1.807) is 12.1 Å². The van der Waals surface area contributed by atoms with Crippen LogP contribution in [0.1, 0.15) is 26.2 Å². The van der Waals surface area contributed by atoms with Gasteiger partial charge in [-0.3, -0.25) is 0 Å². The van der Waals surface area contributed by atoms with Crippen LogP contribution in [0.15, 0.2) is 36.4 Å². The van der Waals surface area contributed by atoms with Crippen molar-refractivity contribution in [1.82, 2.24) is 4.98 Å². The molecular weight excluding hydrogens is 345 g/mol. The van der Waals surface area contributed by atoms with Gasteiger partial charge in [0.2, 0.25) is 0 Å². The minimum Gasteiger partial charge on any atom is -0.381 e. The molecule has 0 saturated carbocycles. The summed E-state index contributed by atoms with van der Waals surface area (Å²) in [5.41, 5.74) is 2.56. The number of nitrogens with one attached hydrogen (secondary N) is 2. The molecule has 5 nitrogen and oxygen atoms in total. The zero-order valence-electron chi connectivity index (χ0n) is 15.6. The van der Waals surface area contributed by atoms with Gasteiger partial charge in [-0.05, 0) is 62.6 Å². The smallest absolute Gasteiger partial charge is 0.150 e. The summed E-state index contributed by atoms with van der Waals surface area (Å²) in [5.74, 6) is 0.571. The second-order valence-electron chi connectivity index (χ2n) is 7.62. The van der Waals surface area contributed by atoms with Crippen LogP contribution in [0.3, 0.4) is 0 Å². The van der Waals surface area contributed by atoms with E-state index >= 15 is 0 Å². The first-order valence-corrected chi connectivity index (χ1v) is 9.59. The number of benzene rings is 1. The molecule has 2 fully saturated rings. The lowest BCUT2D eigenvalue weighted by Crippen LogP contribution is -2.36. The molecule has 2 aliphatic rings. The van der Waals surface area contributed by atoms with Crippen LogP contribution in [0.2, 0.25) is 0 Å². The summed E-state index contributed by atoms with van der Waals surface area (Å²) >= 11 is 0. The number of pyridine rings is 1. The first-order chi connectivity index (χ1) is 13.1. The second-order valence-corrected chi connectivity index (χ2v) is 7.62. The van der Waals surface area contributed by atoms with Crippen molar-refractivity contribution < 1.29 is 13.9 Å². The third-order valence-electron chi connectivity index (χ3n) is 5.26. The highest BCUT2D eigenvalue weighted by Crippen LogP contribution is 2.31. The minimum atomic E-state index is -0.245. The lowest BCUT2D eigenvalue weighted by molar-refractivity contribution is 0.0904. The quantitative estimate of drug-likeness (QED) is 0.830. The van der Waals surface area contributed by atoms with E-state index in [-0.39, 0.29) is 11.4 Å². The van der Waals surface area contributed by atoms with E-state index in [9.17, 15) is 4.39 Å². The number of halogens is 1. The lowest BCUT2D eigenvalue weighted by atomic mass is 10.0. The Balaban J connectivity index is 1.63. The molecule has 0 radical (unpaired) electrons. The highest BCUT2D eigenvalue weighted by atomic mass is 19.1. The average molecular weight is 371 g/mol. The van der Waals surface area contributed by atoms with Gasteiger partial charge in [-0.2, -0.15) is 0 Å². The van der Waals surface area contributed by atoms with Crippen molar-refractivity contribution in [3.05, 3.63) is 42.2 Å². The standard InChI is InChI=1S/C21H26FN3O2/c1-21(10-13-27-14-21)25-20-19(23-17-8-11-26-12-9-17)7-6-18(24-20)15-2-4-16(22)5-3-15/h2-7,17,23H,8-14H2,1H3,(H,24,25). The van der Waals surface area contributed by atoms with E-state index in [1.165, 1.54) is 12.1 Å². The van der Waals surface area contributed by atoms with Crippen LogP contribution < -0.4 is 10.6 Å². The minimum absolute atomic E-state index is 0.138. The summed E-state index contributed by atoms with van der Waals surface area (Å²) in [5, 5.41) is 7.22. The van der Waals surface area contributed by atoms with Crippen molar-refractivity contribution in [3.8, 4) is 11.3 Å². The van der Waals surface area contributed by atoms with Crippen LogP contribution in [-0.4, -0.2) is 43.0 Å². The number of hydrogen-bond acceptors (Lipinski definition) is 5. The maximum Gasteiger partial charge on any atom is 0.150 e. The van der Waals surface area contributed by atoms with Gasteiger partial charge in [-0.1, -0.05) is 0 Å². The van der Waals surface area contributed by atoms with Gasteiger partial charge in [0, 0.05) is 31.4 Å². The summed E-state index contributed by atoms with van der Waals surface area (Å²) in [4.78, 5) is 4.86. The monoisotopic (exact) mass is 371 g/mol. The molecule has 3 heterocycles. The topological polar surface area (TPSA) is 55.4 Å². The lowest BCUT2D eigenvalue weighted by Gasteiger charge is -2.29. The van der Waals surface area contributed by atoms with Gasteiger partial charge < -0.3 is 20.1 Å². The molecule has 0 spiro atoms. The largest absolute Gasteiger partial charge is 0.381 e. The normalized spacial score (nSPS) is 23.3. The Hall–Kier alpha value is -2.18. The Kier molecular flexibility index (Phi) is 5.27. The average Bonchev–Trinajstić information content (AvgIpc) is 3.11. The molecule has 2 saturated heterocycles. The Labute approximate surface area is 159 Å². The van der Waals surface area contributed by atoms with Gasteiger partial charge in [0.1, 0.15) is 5.82 Å². The Morgan fingerprint density at radius 1 is 1.04 bits per heavy atom. The molecule has 2 aromatic rings. The molecule has 1 aromatic heterocycles. The molecular formula is C21H26FN3O2. The van der Waals surface area contributed by atoms with E-state index in [0.29, 0.717) is 12.6 Å². The van der Waals surface area contributed by atoms with Gasteiger partial charge in [-0.25, -0.2) is 9.37 Å². The third-order valence-corrected chi connectivity index (χ3v) is 5.26. The summed E-state index contributed by atoms with van der Waals surface area (Å²) < 4.78 is 24.3. The second kappa shape index (κ2) is 7.82. The summed E-state index contributed by atoms with van der Waals surface area (Å²) in [7, 11) is 0. The van der Waals surface area contributed by atoms with Crippen LogP contribution in [0.25, 0.3) is 11.3 Å². The first-order valence-electron chi connectivity index (χ1n) is 9.59. The first kappa shape index (κ1) is 18.2.